The second-order valence-corrected chi connectivity index (χ2v) is 7.45. The molecule has 0 radical (unpaired) electrons. The number of allylic oxidation sites excluding steroid dienone is 4. The van der Waals surface area contributed by atoms with Crippen molar-refractivity contribution in [3.05, 3.63) is 23.8 Å². The first kappa shape index (κ1) is 19.5. The summed E-state index contributed by atoms with van der Waals surface area (Å²) < 4.78 is 0. The first-order valence-corrected chi connectivity index (χ1v) is 9.97. The highest BCUT2D eigenvalue weighted by Crippen LogP contribution is 2.40. The fourth-order valence-electron chi connectivity index (χ4n) is 4.49. The second kappa shape index (κ2) is 11.1. The van der Waals surface area contributed by atoms with E-state index in [1.807, 2.05) is 0 Å². The lowest BCUT2D eigenvalue weighted by Crippen LogP contribution is -2.17. The van der Waals surface area contributed by atoms with Gasteiger partial charge in [0, 0.05) is 0 Å². The van der Waals surface area contributed by atoms with Gasteiger partial charge in [0.05, 0.1) is 0 Å². The molecule has 0 spiro atoms. The third-order valence-corrected chi connectivity index (χ3v) is 5.73. The van der Waals surface area contributed by atoms with Crippen LogP contribution < -0.4 is 0 Å². The van der Waals surface area contributed by atoms with Gasteiger partial charge in [-0.3, -0.25) is 0 Å². The van der Waals surface area contributed by atoms with Crippen LogP contribution in [-0.2, 0) is 0 Å². The second-order valence-electron chi connectivity index (χ2n) is 7.45. The van der Waals surface area contributed by atoms with Crippen molar-refractivity contribution in [3.8, 4) is 0 Å². The molecular formula is C22H40. The molecule has 1 aliphatic rings. The predicted octanol–water partition coefficient (Wildman–Crippen LogP) is 7.56. The van der Waals surface area contributed by atoms with E-state index in [0.717, 1.165) is 23.7 Å². The molecule has 1 aliphatic carbocycles. The summed E-state index contributed by atoms with van der Waals surface area (Å²) in [5.74, 6) is 3.51. The Balaban J connectivity index is 2.78. The van der Waals surface area contributed by atoms with Crippen LogP contribution in [0.25, 0.3) is 0 Å². The molecule has 1 fully saturated rings. The smallest absolute Gasteiger partial charge is 0.0201 e. The van der Waals surface area contributed by atoms with Crippen LogP contribution in [0.3, 0.4) is 0 Å². The molecule has 0 heterocycles. The van der Waals surface area contributed by atoms with Gasteiger partial charge >= 0.3 is 0 Å². The van der Waals surface area contributed by atoms with Gasteiger partial charge in [0.15, 0.2) is 0 Å². The van der Waals surface area contributed by atoms with Crippen LogP contribution in [0.15, 0.2) is 23.8 Å². The summed E-state index contributed by atoms with van der Waals surface area (Å²) in [5.41, 5.74) is 1.75. The maximum absolute atomic E-state index is 2.52. The largest absolute Gasteiger partial charge is 0.0914 e. The van der Waals surface area contributed by atoms with E-state index in [1.165, 1.54) is 57.8 Å². The van der Waals surface area contributed by atoms with Crippen molar-refractivity contribution in [2.24, 2.45) is 23.7 Å². The molecule has 0 aromatic heterocycles. The molecule has 1 saturated carbocycles. The Morgan fingerprint density at radius 3 is 2.55 bits per heavy atom. The minimum atomic E-state index is 0.807. The Morgan fingerprint density at radius 1 is 1.18 bits per heavy atom. The first-order chi connectivity index (χ1) is 10.7. The zero-order chi connectivity index (χ0) is 16.4. The lowest BCUT2D eigenvalue weighted by molar-refractivity contribution is 0.265. The number of hydrogen-bond acceptors (Lipinski definition) is 0. The molecular weight excluding hydrogens is 264 g/mol. The highest BCUT2D eigenvalue weighted by molar-refractivity contribution is 5.07. The molecule has 4 atom stereocenters. The van der Waals surface area contributed by atoms with Gasteiger partial charge in [0.2, 0.25) is 0 Å². The maximum Gasteiger partial charge on any atom is -0.0201 e. The van der Waals surface area contributed by atoms with E-state index >= 15 is 0 Å². The van der Waals surface area contributed by atoms with Crippen molar-refractivity contribution in [1.29, 1.82) is 0 Å². The standard InChI is InChI=1S/C22H40/c1-6-11-19(12-7-2)16-22-17-21(15-10-14-18(22)5)20(9-4)13-8-3/h6,11,13,18-19,21-22H,7-10,12,14-17H2,1-5H3. The average molecular weight is 305 g/mol. The van der Waals surface area contributed by atoms with Gasteiger partial charge in [-0.2, -0.15) is 0 Å². The van der Waals surface area contributed by atoms with Gasteiger partial charge in [-0.1, -0.05) is 70.8 Å². The van der Waals surface area contributed by atoms with Crippen LogP contribution in [0.5, 0.6) is 0 Å². The predicted molar refractivity (Wildman–Crippen MR) is 101 cm³/mol. The molecule has 4 unspecified atom stereocenters. The van der Waals surface area contributed by atoms with Gasteiger partial charge in [0.25, 0.3) is 0 Å². The van der Waals surface area contributed by atoms with Crippen molar-refractivity contribution in [1.82, 2.24) is 0 Å². The third kappa shape index (κ3) is 6.31. The van der Waals surface area contributed by atoms with E-state index < -0.39 is 0 Å². The van der Waals surface area contributed by atoms with E-state index in [9.17, 15) is 0 Å². The molecule has 0 aromatic rings. The minimum Gasteiger partial charge on any atom is -0.0914 e. The molecule has 0 amide bonds. The molecule has 0 saturated heterocycles. The van der Waals surface area contributed by atoms with Crippen LogP contribution in [0.1, 0.15) is 92.4 Å². The summed E-state index contributed by atoms with van der Waals surface area (Å²) in [6, 6.07) is 0. The summed E-state index contributed by atoms with van der Waals surface area (Å²) in [6.45, 7) is 11.7. The Hall–Kier alpha value is -0.520. The number of rotatable bonds is 8. The van der Waals surface area contributed by atoms with Crippen molar-refractivity contribution in [2.75, 3.05) is 0 Å². The Kier molecular flexibility index (Phi) is 9.84. The third-order valence-electron chi connectivity index (χ3n) is 5.73. The van der Waals surface area contributed by atoms with E-state index in [1.54, 1.807) is 5.57 Å². The van der Waals surface area contributed by atoms with Crippen molar-refractivity contribution in [3.63, 3.8) is 0 Å². The van der Waals surface area contributed by atoms with Crippen molar-refractivity contribution >= 4 is 0 Å². The summed E-state index contributed by atoms with van der Waals surface area (Å²) >= 11 is 0. The quantitative estimate of drug-likeness (QED) is 0.320. The molecule has 0 heteroatoms. The zero-order valence-corrected chi connectivity index (χ0v) is 15.9. The lowest BCUT2D eigenvalue weighted by atomic mass is 9.77. The Bertz CT molecular complexity index is 336. The number of hydrogen-bond donors (Lipinski definition) is 0. The van der Waals surface area contributed by atoms with Gasteiger partial charge in [-0.05, 0) is 69.1 Å². The molecule has 0 aromatic carbocycles. The van der Waals surface area contributed by atoms with Gasteiger partial charge < -0.3 is 0 Å². The lowest BCUT2D eigenvalue weighted by Gasteiger charge is -2.28. The summed E-state index contributed by atoms with van der Waals surface area (Å²) in [6.07, 6.45) is 19.6. The van der Waals surface area contributed by atoms with E-state index in [-0.39, 0.29) is 0 Å². The van der Waals surface area contributed by atoms with Gasteiger partial charge in [0.1, 0.15) is 0 Å². The molecule has 1 rings (SSSR count). The molecule has 22 heavy (non-hydrogen) atoms. The summed E-state index contributed by atoms with van der Waals surface area (Å²) in [7, 11) is 0. The van der Waals surface area contributed by atoms with E-state index in [0.29, 0.717) is 0 Å². The molecule has 0 bridgehead atoms. The van der Waals surface area contributed by atoms with Crippen LogP contribution in [0, 0.1) is 23.7 Å². The van der Waals surface area contributed by atoms with Crippen LogP contribution in [0.4, 0.5) is 0 Å². The fourth-order valence-corrected chi connectivity index (χ4v) is 4.49. The van der Waals surface area contributed by atoms with Crippen LogP contribution in [-0.4, -0.2) is 0 Å². The first-order valence-electron chi connectivity index (χ1n) is 9.97. The minimum absolute atomic E-state index is 0.807. The fraction of sp³-hybridized carbons (Fsp3) is 0.818. The van der Waals surface area contributed by atoms with Gasteiger partial charge in [-0.15, -0.1) is 0 Å². The molecule has 0 nitrogen and oxygen atoms in total. The summed E-state index contributed by atoms with van der Waals surface area (Å²) in [4.78, 5) is 0. The van der Waals surface area contributed by atoms with E-state index in [4.69, 9.17) is 0 Å². The topological polar surface area (TPSA) is 0 Å². The normalized spacial score (nSPS) is 28.8. The Labute approximate surface area is 140 Å². The zero-order valence-electron chi connectivity index (χ0n) is 15.9. The SMILES string of the molecule is CC=CC(CCC)CC1CC(C(=CCC)CC)CCCC1C. The molecule has 0 N–H and O–H groups in total. The van der Waals surface area contributed by atoms with Crippen molar-refractivity contribution < 1.29 is 0 Å². The van der Waals surface area contributed by atoms with Gasteiger partial charge in [-0.25, -0.2) is 0 Å². The highest BCUT2D eigenvalue weighted by Gasteiger charge is 2.28. The van der Waals surface area contributed by atoms with Crippen LogP contribution in [0.2, 0.25) is 0 Å². The van der Waals surface area contributed by atoms with Crippen LogP contribution >= 0.6 is 0 Å². The highest BCUT2D eigenvalue weighted by atomic mass is 14.3. The maximum atomic E-state index is 2.52. The molecule has 0 aliphatic heterocycles. The van der Waals surface area contributed by atoms with E-state index in [2.05, 4.69) is 52.8 Å². The monoisotopic (exact) mass is 304 g/mol. The average Bonchev–Trinajstić information content (AvgIpc) is 2.68. The molecule has 128 valence electrons. The van der Waals surface area contributed by atoms with Crippen molar-refractivity contribution in [2.45, 2.75) is 92.4 Å². The summed E-state index contributed by atoms with van der Waals surface area (Å²) in [5, 5.41) is 0. The Morgan fingerprint density at radius 2 is 1.95 bits per heavy atom.